The van der Waals surface area contributed by atoms with Crippen LogP contribution in [-0.4, -0.2) is 12.2 Å². The first-order chi connectivity index (χ1) is 9.43. The number of aliphatic hydroxyl groups is 1. The van der Waals surface area contributed by atoms with Gasteiger partial charge in [-0.25, -0.2) is 0 Å². The van der Waals surface area contributed by atoms with E-state index in [9.17, 15) is 5.11 Å². The minimum Gasteiger partial charge on any atom is -0.496 e. The van der Waals surface area contributed by atoms with Crippen LogP contribution >= 0.6 is 38.5 Å². The van der Waals surface area contributed by atoms with Crippen molar-refractivity contribution in [1.29, 1.82) is 0 Å². The van der Waals surface area contributed by atoms with E-state index in [0.717, 1.165) is 36.0 Å². The molecule has 0 aliphatic rings. The molecule has 2 nitrogen and oxygen atoms in total. The summed E-state index contributed by atoms with van der Waals surface area (Å²) in [5.41, 5.74) is 3.83. The van der Waals surface area contributed by atoms with Gasteiger partial charge in [0.2, 0.25) is 0 Å². The number of hydrogen-bond acceptors (Lipinski definition) is 2. The van der Waals surface area contributed by atoms with Gasteiger partial charge in [0.25, 0.3) is 0 Å². The maximum absolute atomic E-state index is 10.7. The van der Waals surface area contributed by atoms with E-state index in [1.807, 2.05) is 44.2 Å². The van der Waals surface area contributed by atoms with E-state index in [2.05, 4.69) is 38.5 Å². The molecule has 1 N–H and O–H groups in total. The molecule has 2 aromatic carbocycles. The standard InChI is InChI=1S/C16H16BrIO2/c1-9-7-15(20-3)10(2)6-12(9)16(19)13-8-11(18)4-5-14(13)17/h4-8,16,19H,1-3H3. The van der Waals surface area contributed by atoms with Crippen LogP contribution in [0, 0.1) is 17.4 Å². The fourth-order valence-corrected chi connectivity index (χ4v) is 3.20. The van der Waals surface area contributed by atoms with E-state index in [1.165, 1.54) is 0 Å². The summed E-state index contributed by atoms with van der Waals surface area (Å²) < 4.78 is 7.33. The fraction of sp³-hybridized carbons (Fsp3) is 0.250. The van der Waals surface area contributed by atoms with Crippen molar-refractivity contribution in [2.45, 2.75) is 20.0 Å². The van der Waals surface area contributed by atoms with E-state index < -0.39 is 6.10 Å². The summed E-state index contributed by atoms with van der Waals surface area (Å²) in [6.07, 6.45) is -0.649. The second-order valence-corrected chi connectivity index (χ2v) is 6.85. The first kappa shape index (κ1) is 15.8. The van der Waals surface area contributed by atoms with Gasteiger partial charge in [-0.1, -0.05) is 15.9 Å². The van der Waals surface area contributed by atoms with Crippen molar-refractivity contribution in [3.05, 3.63) is 60.6 Å². The van der Waals surface area contributed by atoms with Crippen LogP contribution in [0.1, 0.15) is 28.4 Å². The van der Waals surface area contributed by atoms with E-state index in [1.54, 1.807) is 7.11 Å². The maximum Gasteiger partial charge on any atom is 0.122 e. The first-order valence-corrected chi connectivity index (χ1v) is 8.09. The average molecular weight is 447 g/mol. The molecule has 0 radical (unpaired) electrons. The van der Waals surface area contributed by atoms with Crippen LogP contribution in [0.2, 0.25) is 0 Å². The Bertz CT molecular complexity index is 641. The number of aryl methyl sites for hydroxylation is 2. The number of aliphatic hydroxyl groups excluding tert-OH is 1. The molecule has 0 aliphatic heterocycles. The number of halogens is 2. The molecule has 0 fully saturated rings. The predicted molar refractivity (Wildman–Crippen MR) is 93.4 cm³/mol. The van der Waals surface area contributed by atoms with E-state index in [4.69, 9.17) is 4.74 Å². The zero-order valence-corrected chi connectivity index (χ0v) is 15.3. The largest absolute Gasteiger partial charge is 0.496 e. The maximum atomic E-state index is 10.7. The summed E-state index contributed by atoms with van der Waals surface area (Å²) in [6.45, 7) is 3.97. The van der Waals surface area contributed by atoms with Gasteiger partial charge in [-0.05, 0) is 83.5 Å². The van der Waals surface area contributed by atoms with Crippen molar-refractivity contribution < 1.29 is 9.84 Å². The molecule has 2 rings (SSSR count). The van der Waals surface area contributed by atoms with Gasteiger partial charge in [0.1, 0.15) is 11.9 Å². The molecule has 0 aromatic heterocycles. The van der Waals surface area contributed by atoms with Crippen LogP contribution in [0.3, 0.4) is 0 Å². The van der Waals surface area contributed by atoms with Gasteiger partial charge in [-0.15, -0.1) is 0 Å². The first-order valence-electron chi connectivity index (χ1n) is 6.22. The molecule has 0 bridgehead atoms. The van der Waals surface area contributed by atoms with Gasteiger partial charge in [0, 0.05) is 13.6 Å². The minimum atomic E-state index is -0.649. The zero-order valence-electron chi connectivity index (χ0n) is 11.6. The topological polar surface area (TPSA) is 29.5 Å². The monoisotopic (exact) mass is 446 g/mol. The summed E-state index contributed by atoms with van der Waals surface area (Å²) >= 11 is 5.76. The molecule has 0 aliphatic carbocycles. The third-order valence-corrected chi connectivity index (χ3v) is 4.72. The summed E-state index contributed by atoms with van der Waals surface area (Å²) in [7, 11) is 1.66. The highest BCUT2D eigenvalue weighted by Crippen LogP contribution is 2.34. The number of benzene rings is 2. The molecule has 0 amide bonds. The normalized spacial score (nSPS) is 12.3. The van der Waals surface area contributed by atoms with Crippen molar-refractivity contribution in [3.63, 3.8) is 0 Å². The van der Waals surface area contributed by atoms with Crippen molar-refractivity contribution in [1.82, 2.24) is 0 Å². The smallest absolute Gasteiger partial charge is 0.122 e. The Balaban J connectivity index is 2.50. The zero-order chi connectivity index (χ0) is 14.9. The molecule has 4 heteroatoms. The Morgan fingerprint density at radius 1 is 1.10 bits per heavy atom. The van der Waals surface area contributed by atoms with Gasteiger partial charge in [-0.2, -0.15) is 0 Å². The number of hydrogen-bond donors (Lipinski definition) is 1. The Morgan fingerprint density at radius 3 is 2.45 bits per heavy atom. The van der Waals surface area contributed by atoms with Gasteiger partial charge in [-0.3, -0.25) is 0 Å². The Labute approximate surface area is 141 Å². The van der Waals surface area contributed by atoms with Crippen molar-refractivity contribution in [2.75, 3.05) is 7.11 Å². The Hall–Kier alpha value is -0.590. The number of ether oxygens (including phenoxy) is 1. The van der Waals surface area contributed by atoms with Crippen molar-refractivity contribution in [2.24, 2.45) is 0 Å². The molecule has 0 saturated carbocycles. The van der Waals surface area contributed by atoms with Crippen LogP contribution < -0.4 is 4.74 Å². The third kappa shape index (κ3) is 3.18. The van der Waals surface area contributed by atoms with Crippen LogP contribution in [0.4, 0.5) is 0 Å². The highest BCUT2D eigenvalue weighted by molar-refractivity contribution is 14.1. The third-order valence-electron chi connectivity index (χ3n) is 3.33. The molecular formula is C16H16BrIO2. The van der Waals surface area contributed by atoms with Crippen molar-refractivity contribution >= 4 is 38.5 Å². The number of rotatable bonds is 3. The summed E-state index contributed by atoms with van der Waals surface area (Å²) in [5, 5.41) is 10.7. The minimum absolute atomic E-state index is 0.649. The molecule has 2 aromatic rings. The Morgan fingerprint density at radius 2 is 1.80 bits per heavy atom. The molecule has 20 heavy (non-hydrogen) atoms. The quantitative estimate of drug-likeness (QED) is 0.688. The van der Waals surface area contributed by atoms with Crippen LogP contribution in [0.5, 0.6) is 5.75 Å². The number of methoxy groups -OCH3 is 1. The predicted octanol–water partition coefficient (Wildman–Crippen LogP) is 4.76. The SMILES string of the molecule is COc1cc(C)c(C(O)c2cc(I)ccc2Br)cc1C. The second kappa shape index (κ2) is 6.45. The second-order valence-electron chi connectivity index (χ2n) is 4.75. The average Bonchev–Trinajstić information content (AvgIpc) is 2.42. The highest BCUT2D eigenvalue weighted by Gasteiger charge is 2.17. The summed E-state index contributed by atoms with van der Waals surface area (Å²) in [6, 6.07) is 9.92. The molecule has 0 heterocycles. The molecule has 1 unspecified atom stereocenters. The Kier molecular flexibility index (Phi) is 5.09. The van der Waals surface area contributed by atoms with Crippen LogP contribution in [0.25, 0.3) is 0 Å². The summed E-state index contributed by atoms with van der Waals surface area (Å²) in [4.78, 5) is 0. The van der Waals surface area contributed by atoms with Gasteiger partial charge >= 0.3 is 0 Å². The van der Waals surface area contributed by atoms with E-state index >= 15 is 0 Å². The van der Waals surface area contributed by atoms with Gasteiger partial charge in [0.15, 0.2) is 0 Å². The highest BCUT2D eigenvalue weighted by atomic mass is 127. The molecule has 1 atom stereocenters. The molecule has 0 spiro atoms. The van der Waals surface area contributed by atoms with Gasteiger partial charge in [0.05, 0.1) is 7.11 Å². The molecule has 0 saturated heterocycles. The molecular weight excluding hydrogens is 431 g/mol. The summed E-state index contributed by atoms with van der Waals surface area (Å²) in [5.74, 6) is 0.847. The van der Waals surface area contributed by atoms with Crippen molar-refractivity contribution in [3.8, 4) is 5.75 Å². The van der Waals surface area contributed by atoms with Crippen LogP contribution in [-0.2, 0) is 0 Å². The lowest BCUT2D eigenvalue weighted by Crippen LogP contribution is -2.04. The lowest BCUT2D eigenvalue weighted by molar-refractivity contribution is 0.218. The molecule has 106 valence electrons. The van der Waals surface area contributed by atoms with E-state index in [0.29, 0.717) is 0 Å². The lowest BCUT2D eigenvalue weighted by Gasteiger charge is -2.18. The fourth-order valence-electron chi connectivity index (χ4n) is 2.22. The van der Waals surface area contributed by atoms with Gasteiger partial charge < -0.3 is 9.84 Å². The van der Waals surface area contributed by atoms with Crippen LogP contribution in [0.15, 0.2) is 34.8 Å². The van der Waals surface area contributed by atoms with E-state index in [-0.39, 0.29) is 0 Å². The lowest BCUT2D eigenvalue weighted by atomic mass is 9.95.